The molecule has 0 fully saturated rings. The summed E-state index contributed by atoms with van der Waals surface area (Å²) >= 11 is -0.568. The molecule has 3 aliphatic rings. The minimum absolute atomic E-state index is 0. The quantitative estimate of drug-likeness (QED) is 0.390. The average molecular weight is 581 g/mol. The predicted molar refractivity (Wildman–Crippen MR) is 125 cm³/mol. The van der Waals surface area contributed by atoms with E-state index in [1.54, 1.807) is 11.1 Å². The summed E-state index contributed by atoms with van der Waals surface area (Å²) in [6.07, 6.45) is 9.89. The molecule has 0 radical (unpaired) electrons. The van der Waals surface area contributed by atoms with Crippen LogP contribution >= 0.6 is 0 Å². The van der Waals surface area contributed by atoms with Gasteiger partial charge >= 0.3 is 188 Å². The predicted octanol–water partition coefficient (Wildman–Crippen LogP) is 0.529. The van der Waals surface area contributed by atoms with Crippen LogP contribution in [0.4, 0.5) is 0 Å². The van der Waals surface area contributed by atoms with E-state index in [1.165, 1.54) is 12.8 Å². The second-order valence-electron chi connectivity index (χ2n) is 10.7. The van der Waals surface area contributed by atoms with Crippen LogP contribution in [0.1, 0.15) is 25.7 Å². The van der Waals surface area contributed by atoms with Gasteiger partial charge < -0.3 is 24.8 Å². The summed E-state index contributed by atoms with van der Waals surface area (Å²) in [6.45, 7) is 20.8. The first-order valence-electron chi connectivity index (χ1n) is 10.8. The minimum atomic E-state index is -1.59. The van der Waals surface area contributed by atoms with Crippen LogP contribution in [0.5, 0.6) is 0 Å². The zero-order valence-corrected chi connectivity index (χ0v) is 26.9. The van der Waals surface area contributed by atoms with Gasteiger partial charge in [-0.3, -0.25) is 0 Å². The minimum Gasteiger partial charge on any atom is -1.00 e. The van der Waals surface area contributed by atoms with Crippen molar-refractivity contribution in [3.8, 4) is 0 Å². The van der Waals surface area contributed by atoms with Crippen molar-refractivity contribution in [2.75, 3.05) is 13.2 Å². The number of rotatable bonds is 8. The topological polar surface area (TPSA) is 18.5 Å². The zero-order valence-electron chi connectivity index (χ0n) is 20.0. The fourth-order valence-corrected chi connectivity index (χ4v) is 18.8. The van der Waals surface area contributed by atoms with Crippen molar-refractivity contribution in [2.45, 2.75) is 78.1 Å². The molecule has 0 aromatic rings. The maximum atomic E-state index is 6.20. The average Bonchev–Trinajstić information content (AvgIpc) is 3.10. The first-order chi connectivity index (χ1) is 12.9. The van der Waals surface area contributed by atoms with Gasteiger partial charge in [0.25, 0.3) is 0 Å². The Bertz CT molecular complexity index is 710. The number of hydrogen-bond donors (Lipinski definition) is 0. The second kappa shape index (κ2) is 10.9. The van der Waals surface area contributed by atoms with E-state index in [-0.39, 0.29) is 24.8 Å². The fraction of sp³-hybridized carbons (Fsp3) is 0.636. The summed E-state index contributed by atoms with van der Waals surface area (Å²) < 4.78 is 16.2. The van der Waals surface area contributed by atoms with E-state index < -0.39 is 47.9 Å². The molecule has 0 aromatic heterocycles. The Morgan fingerprint density at radius 2 is 1.13 bits per heavy atom. The first kappa shape index (κ1) is 29.0. The molecule has 1 aliphatic heterocycles. The van der Waals surface area contributed by atoms with Crippen LogP contribution in [0, 0.1) is 0 Å². The van der Waals surface area contributed by atoms with Gasteiger partial charge in [-0.25, -0.2) is 0 Å². The van der Waals surface area contributed by atoms with Crippen LogP contribution in [0.15, 0.2) is 40.3 Å². The second-order valence-corrected chi connectivity index (χ2v) is 27.6. The van der Waals surface area contributed by atoms with Gasteiger partial charge in [-0.1, -0.05) is 0 Å². The Morgan fingerprint density at radius 3 is 1.47 bits per heavy atom. The molecule has 168 valence electrons. The van der Waals surface area contributed by atoms with E-state index in [4.69, 9.17) is 8.85 Å². The van der Waals surface area contributed by atoms with Gasteiger partial charge in [-0.2, -0.15) is 0 Å². The Balaban J connectivity index is 0.00000225. The number of hydrogen-bond acceptors (Lipinski definition) is 2. The van der Waals surface area contributed by atoms with E-state index in [1.807, 2.05) is 17.0 Å². The van der Waals surface area contributed by atoms with Gasteiger partial charge in [-0.05, 0) is 0 Å². The normalized spacial score (nSPS) is 19.7. The van der Waals surface area contributed by atoms with Crippen molar-refractivity contribution in [3.05, 3.63) is 40.3 Å². The molecule has 30 heavy (non-hydrogen) atoms. The molecular formula is C22H38Cl2O2Si3Zr. The van der Waals surface area contributed by atoms with Crippen molar-refractivity contribution in [1.29, 1.82) is 0 Å². The van der Waals surface area contributed by atoms with E-state index >= 15 is 0 Å². The summed E-state index contributed by atoms with van der Waals surface area (Å²) in [5, 5.41) is 3.69. The molecule has 0 unspecified atom stereocenters. The summed E-state index contributed by atoms with van der Waals surface area (Å²) in [7, 11) is -4.43. The van der Waals surface area contributed by atoms with E-state index in [0.717, 1.165) is 26.1 Å². The van der Waals surface area contributed by atoms with E-state index in [2.05, 4.69) is 64.5 Å². The molecule has 8 heteroatoms. The third-order valence-corrected chi connectivity index (χ3v) is 16.5. The molecule has 1 heterocycles. The first-order valence-corrected chi connectivity index (χ1v) is 23.1. The number of halogens is 2. The zero-order chi connectivity index (χ0) is 20.7. The summed E-state index contributed by atoms with van der Waals surface area (Å²) in [5.41, 5.74) is 3.31. The van der Waals surface area contributed by atoms with Crippen LogP contribution in [0.2, 0.25) is 52.4 Å². The third-order valence-electron chi connectivity index (χ3n) is 5.72. The Labute approximate surface area is 211 Å². The van der Waals surface area contributed by atoms with E-state index in [0.29, 0.717) is 0 Å². The number of allylic oxidation sites excluding steroid dienone is 6. The molecular weight excluding hydrogens is 543 g/mol. The molecule has 0 spiro atoms. The van der Waals surface area contributed by atoms with Crippen LogP contribution in [-0.4, -0.2) is 37.9 Å². The maximum absolute atomic E-state index is 6.20. The maximum Gasteiger partial charge on any atom is -1.00 e. The smallest absolute Gasteiger partial charge is 1.00 e. The molecule has 0 amide bonds. The summed E-state index contributed by atoms with van der Waals surface area (Å²) in [4.78, 5) is 0. The summed E-state index contributed by atoms with van der Waals surface area (Å²) in [6, 6.07) is 0. The molecule has 0 saturated heterocycles. The molecule has 0 N–H and O–H groups in total. The van der Waals surface area contributed by atoms with Gasteiger partial charge in [0, 0.05) is 0 Å². The van der Waals surface area contributed by atoms with Gasteiger partial charge in [0.15, 0.2) is 0 Å². The molecule has 0 saturated carbocycles. The van der Waals surface area contributed by atoms with Gasteiger partial charge in [0.2, 0.25) is 0 Å². The van der Waals surface area contributed by atoms with Crippen molar-refractivity contribution < 1.29 is 56.9 Å². The molecule has 0 aromatic carbocycles. The van der Waals surface area contributed by atoms with Crippen molar-refractivity contribution in [2.24, 2.45) is 0 Å². The van der Waals surface area contributed by atoms with Crippen molar-refractivity contribution in [1.82, 2.24) is 0 Å². The SMILES string of the molecule is C[Si](C)(C)OCCC1=CC[C]2=C1[Si](C)(C)C1=[C](CC=C1CCO[Si](C)(C)C)[Zr+2]2.[Cl-].[Cl-]. The largest absolute Gasteiger partial charge is 1.00 e. The molecule has 2 nitrogen and oxygen atoms in total. The van der Waals surface area contributed by atoms with Crippen LogP contribution < -0.4 is 24.8 Å². The Hall–Kier alpha value is 0.994. The molecule has 3 rings (SSSR count). The monoisotopic (exact) mass is 578 g/mol. The molecule has 0 atom stereocenters. The van der Waals surface area contributed by atoms with Gasteiger partial charge in [0.1, 0.15) is 0 Å². The molecule has 0 bridgehead atoms. The molecule has 2 aliphatic carbocycles. The third kappa shape index (κ3) is 6.99. The van der Waals surface area contributed by atoms with Crippen LogP contribution in [0.3, 0.4) is 0 Å². The fourth-order valence-electron chi connectivity index (χ4n) is 4.73. The van der Waals surface area contributed by atoms with Crippen LogP contribution in [-0.2, 0) is 32.1 Å². The van der Waals surface area contributed by atoms with Crippen molar-refractivity contribution in [3.63, 3.8) is 0 Å². The van der Waals surface area contributed by atoms with Gasteiger partial charge in [0.05, 0.1) is 0 Å². The Morgan fingerprint density at radius 1 is 0.767 bits per heavy atom. The van der Waals surface area contributed by atoms with Gasteiger partial charge in [-0.15, -0.1) is 0 Å². The summed E-state index contributed by atoms with van der Waals surface area (Å²) in [5.74, 6) is 0. The van der Waals surface area contributed by atoms with E-state index in [9.17, 15) is 0 Å². The van der Waals surface area contributed by atoms with Crippen LogP contribution in [0.25, 0.3) is 0 Å². The Kier molecular flexibility index (Phi) is 10.6. The standard InChI is InChI=1S/C22H38O2Si3.2ClH.Zr/c1-25(2,3)23-17-15-19-11-9-13-21(19)27(7,8)22-14-10-12-20(22)16-18-24-26(4,5)6;;;/h11-12H,9-10,15-18H2,1-8H3;2*1H;/q;;;+2/p-2. The van der Waals surface area contributed by atoms with Crippen molar-refractivity contribution >= 4 is 24.7 Å².